The maximum atomic E-state index is 12.0. The number of hydrogen-bond donors (Lipinski definition) is 2. The van der Waals surface area contributed by atoms with Gasteiger partial charge in [-0.15, -0.1) is 11.3 Å². The van der Waals surface area contributed by atoms with E-state index in [4.69, 9.17) is 11.0 Å². The van der Waals surface area contributed by atoms with Crippen LogP contribution in [0.25, 0.3) is 0 Å². The fraction of sp³-hybridized carbons (Fsp3) is 0.0667. The molecule has 1 aromatic heterocycles. The molecule has 2 rings (SSSR count). The number of nitrogens with zero attached hydrogens (tertiary/aromatic N) is 1. The molecule has 3 N–H and O–H groups in total. The van der Waals surface area contributed by atoms with Crippen LogP contribution in [-0.2, 0) is 0 Å². The van der Waals surface area contributed by atoms with Gasteiger partial charge in [-0.1, -0.05) is 17.9 Å². The smallest absolute Gasteiger partial charge is 0.256 e. The van der Waals surface area contributed by atoms with E-state index in [0.717, 1.165) is 4.88 Å². The number of carbonyl (C=O) groups is 1. The Bertz CT molecular complexity index is 731. The monoisotopic (exact) mass is 281 g/mol. The molecule has 0 atom stereocenters. The van der Waals surface area contributed by atoms with E-state index in [2.05, 4.69) is 17.2 Å². The first-order chi connectivity index (χ1) is 9.72. The molecule has 0 aliphatic carbocycles. The highest BCUT2D eigenvalue weighted by atomic mass is 32.1. The molecule has 0 radical (unpaired) electrons. The van der Waals surface area contributed by atoms with Crippen molar-refractivity contribution >= 4 is 22.9 Å². The van der Waals surface area contributed by atoms with Crippen LogP contribution in [0.2, 0.25) is 0 Å². The summed E-state index contributed by atoms with van der Waals surface area (Å²) in [5.74, 6) is 5.40. The number of nitrogens with one attached hydrogen (secondary N) is 1. The van der Waals surface area contributed by atoms with Gasteiger partial charge in [-0.2, -0.15) is 5.26 Å². The summed E-state index contributed by atoms with van der Waals surface area (Å²) in [6.45, 7) is 0.292. The predicted molar refractivity (Wildman–Crippen MR) is 79.4 cm³/mol. The van der Waals surface area contributed by atoms with Crippen molar-refractivity contribution in [1.82, 2.24) is 0 Å². The Morgan fingerprint density at radius 1 is 1.40 bits per heavy atom. The molecule has 0 spiro atoms. The largest absolute Gasteiger partial charge is 0.322 e. The van der Waals surface area contributed by atoms with Crippen molar-refractivity contribution in [2.75, 3.05) is 11.9 Å². The van der Waals surface area contributed by atoms with E-state index in [1.54, 1.807) is 35.7 Å². The van der Waals surface area contributed by atoms with Gasteiger partial charge >= 0.3 is 0 Å². The normalized spacial score (nSPS) is 9.20. The number of nitrogens with two attached hydrogens (primary N) is 1. The van der Waals surface area contributed by atoms with Crippen molar-refractivity contribution in [3.8, 4) is 17.9 Å². The molecule has 0 unspecified atom stereocenters. The van der Waals surface area contributed by atoms with E-state index >= 15 is 0 Å². The number of rotatable bonds is 2. The number of benzene rings is 1. The SMILES string of the molecule is N#Cc1cccc(NC(=O)c2csc(C#CCN)c2)c1. The lowest BCUT2D eigenvalue weighted by Crippen LogP contribution is -2.10. The summed E-state index contributed by atoms with van der Waals surface area (Å²) < 4.78 is 0. The average molecular weight is 281 g/mol. The zero-order valence-corrected chi connectivity index (χ0v) is 11.3. The molecule has 4 nitrogen and oxygen atoms in total. The van der Waals surface area contributed by atoms with Crippen LogP contribution in [0.15, 0.2) is 35.7 Å². The summed E-state index contributed by atoms with van der Waals surface area (Å²) in [7, 11) is 0. The molecule has 0 saturated carbocycles. The second-order valence-electron chi connectivity index (χ2n) is 3.85. The maximum Gasteiger partial charge on any atom is 0.256 e. The first kappa shape index (κ1) is 13.8. The van der Waals surface area contributed by atoms with Crippen LogP contribution in [0.4, 0.5) is 5.69 Å². The summed E-state index contributed by atoms with van der Waals surface area (Å²) in [6.07, 6.45) is 0. The Morgan fingerprint density at radius 2 is 2.25 bits per heavy atom. The van der Waals surface area contributed by atoms with Crippen LogP contribution >= 0.6 is 11.3 Å². The molecule has 0 fully saturated rings. The molecule has 98 valence electrons. The minimum absolute atomic E-state index is 0.225. The van der Waals surface area contributed by atoms with Gasteiger partial charge in [0, 0.05) is 11.1 Å². The molecule has 1 aromatic carbocycles. The number of nitriles is 1. The van der Waals surface area contributed by atoms with Gasteiger partial charge in [0.05, 0.1) is 28.6 Å². The fourth-order valence-corrected chi connectivity index (χ4v) is 2.28. The van der Waals surface area contributed by atoms with Crippen molar-refractivity contribution < 1.29 is 4.79 Å². The van der Waals surface area contributed by atoms with Crippen molar-refractivity contribution in [2.45, 2.75) is 0 Å². The molecule has 1 amide bonds. The van der Waals surface area contributed by atoms with Crippen LogP contribution in [0.1, 0.15) is 20.8 Å². The number of carbonyl (C=O) groups excluding carboxylic acids is 1. The fourth-order valence-electron chi connectivity index (χ4n) is 1.53. The second-order valence-corrected chi connectivity index (χ2v) is 4.76. The molecule has 2 aromatic rings. The lowest BCUT2D eigenvalue weighted by Gasteiger charge is -2.03. The number of amides is 1. The van der Waals surface area contributed by atoms with Gasteiger partial charge in [0.2, 0.25) is 0 Å². The summed E-state index contributed by atoms with van der Waals surface area (Å²) in [5.41, 5.74) is 6.93. The molecule has 0 saturated heterocycles. The van der Waals surface area contributed by atoms with E-state index in [9.17, 15) is 4.79 Å². The Balaban J connectivity index is 2.12. The molecule has 20 heavy (non-hydrogen) atoms. The summed E-state index contributed by atoms with van der Waals surface area (Å²) in [5, 5.41) is 13.3. The maximum absolute atomic E-state index is 12.0. The molecule has 0 aliphatic heterocycles. The van der Waals surface area contributed by atoms with Crippen LogP contribution in [-0.4, -0.2) is 12.5 Å². The van der Waals surface area contributed by atoms with Gasteiger partial charge in [0.15, 0.2) is 0 Å². The Kier molecular flexibility index (Phi) is 4.52. The number of anilines is 1. The van der Waals surface area contributed by atoms with Crippen LogP contribution in [0, 0.1) is 23.2 Å². The summed E-state index contributed by atoms with van der Waals surface area (Å²) in [4.78, 5) is 12.8. The van der Waals surface area contributed by atoms with E-state index < -0.39 is 0 Å². The number of thiophene rings is 1. The quantitative estimate of drug-likeness (QED) is 0.828. The van der Waals surface area contributed by atoms with Crippen LogP contribution in [0.5, 0.6) is 0 Å². The lowest BCUT2D eigenvalue weighted by molar-refractivity contribution is 0.102. The van der Waals surface area contributed by atoms with Crippen molar-refractivity contribution in [3.63, 3.8) is 0 Å². The third kappa shape index (κ3) is 3.46. The topological polar surface area (TPSA) is 78.9 Å². The number of hydrogen-bond acceptors (Lipinski definition) is 4. The standard InChI is InChI=1S/C15H11N3OS/c16-6-2-5-14-8-12(10-20-14)15(19)18-13-4-1-3-11(7-13)9-17/h1,3-4,7-8,10H,6,16H2,(H,18,19). The minimum atomic E-state index is -0.225. The van der Waals surface area contributed by atoms with Gasteiger partial charge in [-0.05, 0) is 24.3 Å². The molecule has 1 heterocycles. The van der Waals surface area contributed by atoms with Gasteiger partial charge in [-0.25, -0.2) is 0 Å². The summed E-state index contributed by atoms with van der Waals surface area (Å²) in [6, 6.07) is 10.5. The van der Waals surface area contributed by atoms with Gasteiger partial charge in [0.1, 0.15) is 0 Å². The highest BCUT2D eigenvalue weighted by Crippen LogP contribution is 2.16. The Morgan fingerprint density at radius 3 is 3.00 bits per heavy atom. The van der Waals surface area contributed by atoms with Crippen molar-refractivity contribution in [2.24, 2.45) is 5.73 Å². The third-order valence-corrected chi connectivity index (χ3v) is 3.27. The molecular formula is C15H11N3OS. The average Bonchev–Trinajstić information content (AvgIpc) is 2.94. The van der Waals surface area contributed by atoms with Crippen LogP contribution in [0.3, 0.4) is 0 Å². The molecule has 0 aliphatic rings. The third-order valence-electron chi connectivity index (χ3n) is 2.42. The predicted octanol–water partition coefficient (Wildman–Crippen LogP) is 2.18. The molecule has 0 bridgehead atoms. The zero-order chi connectivity index (χ0) is 14.4. The van der Waals surface area contributed by atoms with Gasteiger partial charge < -0.3 is 11.1 Å². The highest BCUT2D eigenvalue weighted by Gasteiger charge is 2.08. The van der Waals surface area contributed by atoms with Gasteiger partial charge in [0.25, 0.3) is 5.91 Å². The zero-order valence-electron chi connectivity index (χ0n) is 10.5. The van der Waals surface area contributed by atoms with Gasteiger partial charge in [-0.3, -0.25) is 4.79 Å². The minimum Gasteiger partial charge on any atom is -0.322 e. The first-order valence-corrected chi connectivity index (χ1v) is 6.70. The molecular weight excluding hydrogens is 270 g/mol. The van der Waals surface area contributed by atoms with E-state index in [1.165, 1.54) is 11.3 Å². The first-order valence-electron chi connectivity index (χ1n) is 5.82. The van der Waals surface area contributed by atoms with E-state index in [1.807, 2.05) is 6.07 Å². The highest BCUT2D eigenvalue weighted by molar-refractivity contribution is 7.10. The Labute approximate surface area is 120 Å². The second kappa shape index (κ2) is 6.53. The van der Waals surface area contributed by atoms with Crippen molar-refractivity contribution in [3.05, 3.63) is 51.7 Å². The summed E-state index contributed by atoms with van der Waals surface area (Å²) >= 11 is 1.39. The van der Waals surface area contributed by atoms with Crippen molar-refractivity contribution in [1.29, 1.82) is 5.26 Å². The Hall–Kier alpha value is -2.60. The molecule has 5 heteroatoms. The van der Waals surface area contributed by atoms with Crippen LogP contribution < -0.4 is 11.1 Å². The van der Waals surface area contributed by atoms with E-state index in [0.29, 0.717) is 23.4 Å². The lowest BCUT2D eigenvalue weighted by atomic mass is 10.2. The van der Waals surface area contributed by atoms with E-state index in [-0.39, 0.29) is 5.91 Å².